The average Bonchev–Trinajstić information content (AvgIpc) is 3.40. The van der Waals surface area contributed by atoms with Gasteiger partial charge in [-0.2, -0.15) is 0 Å². The van der Waals surface area contributed by atoms with Crippen LogP contribution in [0.15, 0.2) is 28.2 Å². The largest absolute Gasteiger partial charge is 0.458 e. The molecule has 2 aromatic rings. The summed E-state index contributed by atoms with van der Waals surface area (Å²) in [4.78, 5) is 43.5. The molecule has 0 radical (unpaired) electrons. The van der Waals surface area contributed by atoms with Gasteiger partial charge in [0.25, 0.3) is 5.91 Å². The van der Waals surface area contributed by atoms with Crippen molar-refractivity contribution in [3.8, 4) is 10.8 Å². The van der Waals surface area contributed by atoms with Crippen LogP contribution in [-0.4, -0.2) is 39.9 Å². The molecule has 2 aliphatic rings. The second-order valence-electron chi connectivity index (χ2n) is 7.22. The number of thiophene rings is 1. The maximum Gasteiger partial charge on any atom is 0.326 e. The van der Waals surface area contributed by atoms with Crippen molar-refractivity contribution in [3.63, 3.8) is 0 Å². The topological polar surface area (TPSA) is 102 Å². The lowest BCUT2D eigenvalue weighted by Crippen LogP contribution is -2.54. The highest BCUT2D eigenvalue weighted by Crippen LogP contribution is 2.38. The number of hydrogen-bond acceptors (Lipinski definition) is 7. The first kappa shape index (κ1) is 18.7. The lowest BCUT2D eigenvalue weighted by molar-refractivity contribution is -0.149. The number of rotatable bonds is 5. The molecule has 4 rings (SSSR count). The van der Waals surface area contributed by atoms with Crippen LogP contribution < -0.4 is 5.32 Å². The SMILES string of the molecule is C[C@H]1CCCC[C@]12NC(=O)N(CC(=O)OCc1coc(-c3cccs3)n1)C2=O. The van der Waals surface area contributed by atoms with E-state index in [-0.39, 0.29) is 18.4 Å². The van der Waals surface area contributed by atoms with E-state index < -0.39 is 24.1 Å². The first-order chi connectivity index (χ1) is 13.5. The molecular formula is C19H21N3O5S. The van der Waals surface area contributed by atoms with Gasteiger partial charge in [-0.25, -0.2) is 9.78 Å². The zero-order chi connectivity index (χ0) is 19.7. The number of carbonyl (C=O) groups is 3. The van der Waals surface area contributed by atoms with Gasteiger partial charge < -0.3 is 14.5 Å². The van der Waals surface area contributed by atoms with Crippen molar-refractivity contribution >= 4 is 29.2 Å². The molecule has 2 fully saturated rings. The Bertz CT molecular complexity index is 893. The summed E-state index contributed by atoms with van der Waals surface area (Å²) in [6, 6.07) is 3.24. The van der Waals surface area contributed by atoms with Crippen LogP contribution in [0.2, 0.25) is 0 Å². The molecule has 148 valence electrons. The Balaban J connectivity index is 1.35. The fraction of sp³-hybridized carbons (Fsp3) is 0.474. The van der Waals surface area contributed by atoms with Gasteiger partial charge in [0.1, 0.15) is 30.6 Å². The number of oxazole rings is 1. The third-order valence-corrected chi connectivity index (χ3v) is 6.31. The molecule has 28 heavy (non-hydrogen) atoms. The molecular weight excluding hydrogens is 382 g/mol. The number of aromatic nitrogens is 1. The van der Waals surface area contributed by atoms with E-state index in [0.29, 0.717) is 18.0 Å². The Hall–Kier alpha value is -2.68. The molecule has 2 atom stereocenters. The lowest BCUT2D eigenvalue weighted by atomic mass is 9.73. The molecule has 1 aliphatic carbocycles. The van der Waals surface area contributed by atoms with Crippen molar-refractivity contribution in [1.82, 2.24) is 15.2 Å². The molecule has 9 heteroatoms. The molecule has 0 aromatic carbocycles. The van der Waals surface area contributed by atoms with E-state index in [2.05, 4.69) is 10.3 Å². The monoisotopic (exact) mass is 403 g/mol. The molecule has 1 saturated heterocycles. The van der Waals surface area contributed by atoms with Crippen LogP contribution in [0.3, 0.4) is 0 Å². The van der Waals surface area contributed by atoms with Gasteiger partial charge in [0.2, 0.25) is 5.89 Å². The zero-order valence-electron chi connectivity index (χ0n) is 15.5. The fourth-order valence-electron chi connectivity index (χ4n) is 3.85. The molecule has 1 spiro atoms. The van der Waals surface area contributed by atoms with E-state index in [1.54, 1.807) is 0 Å². The van der Waals surface area contributed by atoms with Crippen LogP contribution in [0, 0.1) is 5.92 Å². The summed E-state index contributed by atoms with van der Waals surface area (Å²) in [5.41, 5.74) is -0.413. The van der Waals surface area contributed by atoms with Gasteiger partial charge in [-0.3, -0.25) is 14.5 Å². The number of amides is 3. The lowest BCUT2D eigenvalue weighted by Gasteiger charge is -2.36. The second-order valence-corrected chi connectivity index (χ2v) is 8.17. The quantitative estimate of drug-likeness (QED) is 0.608. The van der Waals surface area contributed by atoms with Crippen molar-refractivity contribution in [1.29, 1.82) is 0 Å². The standard InChI is InChI=1S/C19H21N3O5S/c1-12-5-2-3-7-19(12)17(24)22(18(25)21-19)9-15(23)26-10-13-11-27-16(20-13)14-6-4-8-28-14/h4,6,8,11-12H,2-3,5,7,9-10H2,1H3,(H,21,25)/t12-,19-/m0/s1. The average molecular weight is 403 g/mol. The van der Waals surface area contributed by atoms with Gasteiger partial charge in [0.15, 0.2) is 0 Å². The summed E-state index contributed by atoms with van der Waals surface area (Å²) in [7, 11) is 0. The summed E-state index contributed by atoms with van der Waals surface area (Å²) in [6.07, 6.45) is 4.83. The highest BCUT2D eigenvalue weighted by molar-refractivity contribution is 7.13. The molecule has 0 unspecified atom stereocenters. The summed E-state index contributed by atoms with van der Waals surface area (Å²) >= 11 is 1.49. The summed E-state index contributed by atoms with van der Waals surface area (Å²) < 4.78 is 10.6. The van der Waals surface area contributed by atoms with Crippen molar-refractivity contribution in [2.75, 3.05) is 6.54 Å². The number of nitrogens with zero attached hydrogens (tertiary/aromatic N) is 2. The molecule has 3 heterocycles. The predicted octanol–water partition coefficient (Wildman–Crippen LogP) is 2.95. The van der Waals surface area contributed by atoms with Crippen LogP contribution in [0.1, 0.15) is 38.3 Å². The molecule has 8 nitrogen and oxygen atoms in total. The van der Waals surface area contributed by atoms with Crippen molar-refractivity contribution in [3.05, 3.63) is 29.5 Å². The number of imide groups is 1. The van der Waals surface area contributed by atoms with Crippen molar-refractivity contribution in [2.24, 2.45) is 5.92 Å². The van der Waals surface area contributed by atoms with Gasteiger partial charge >= 0.3 is 12.0 Å². The molecule has 2 aromatic heterocycles. The Morgan fingerprint density at radius 2 is 2.32 bits per heavy atom. The first-order valence-corrected chi connectivity index (χ1v) is 10.2. The summed E-state index contributed by atoms with van der Waals surface area (Å²) in [5.74, 6) is -0.486. The van der Waals surface area contributed by atoms with Gasteiger partial charge in [-0.15, -0.1) is 11.3 Å². The summed E-state index contributed by atoms with van der Waals surface area (Å²) in [5, 5.41) is 4.73. The van der Waals surface area contributed by atoms with E-state index in [1.165, 1.54) is 17.6 Å². The molecule has 0 bridgehead atoms. The number of nitrogens with one attached hydrogen (secondary N) is 1. The van der Waals surface area contributed by atoms with Crippen LogP contribution in [0.4, 0.5) is 4.79 Å². The molecule has 1 N–H and O–H groups in total. The molecule has 3 amide bonds. The number of ether oxygens (including phenoxy) is 1. The third-order valence-electron chi connectivity index (χ3n) is 5.45. The third kappa shape index (κ3) is 3.30. The first-order valence-electron chi connectivity index (χ1n) is 9.27. The minimum atomic E-state index is -0.878. The van der Waals surface area contributed by atoms with E-state index in [9.17, 15) is 14.4 Å². The van der Waals surface area contributed by atoms with Crippen molar-refractivity contribution < 1.29 is 23.5 Å². The maximum atomic E-state index is 12.9. The van der Waals surface area contributed by atoms with E-state index in [1.807, 2.05) is 24.4 Å². The van der Waals surface area contributed by atoms with E-state index in [0.717, 1.165) is 29.0 Å². The van der Waals surface area contributed by atoms with Gasteiger partial charge in [0, 0.05) is 0 Å². The number of urea groups is 1. The van der Waals surface area contributed by atoms with Gasteiger partial charge in [-0.05, 0) is 30.2 Å². The normalized spacial score (nSPS) is 24.6. The minimum absolute atomic E-state index is 0.0459. The summed E-state index contributed by atoms with van der Waals surface area (Å²) in [6.45, 7) is 1.47. The second kappa shape index (κ2) is 7.38. The maximum absolute atomic E-state index is 12.9. The number of hydrogen-bond donors (Lipinski definition) is 1. The number of esters is 1. The van der Waals surface area contributed by atoms with Crippen LogP contribution >= 0.6 is 11.3 Å². The Kier molecular flexibility index (Phi) is 4.92. The molecule has 1 aliphatic heterocycles. The van der Waals surface area contributed by atoms with E-state index >= 15 is 0 Å². The predicted molar refractivity (Wildman–Crippen MR) is 100 cm³/mol. The van der Waals surface area contributed by atoms with Gasteiger partial charge in [-0.1, -0.05) is 25.8 Å². The Morgan fingerprint density at radius 1 is 1.46 bits per heavy atom. The van der Waals surface area contributed by atoms with E-state index in [4.69, 9.17) is 9.15 Å². The number of carbonyl (C=O) groups excluding carboxylic acids is 3. The fourth-order valence-corrected chi connectivity index (χ4v) is 4.51. The highest BCUT2D eigenvalue weighted by atomic mass is 32.1. The van der Waals surface area contributed by atoms with Crippen LogP contribution in [0.5, 0.6) is 0 Å². The van der Waals surface area contributed by atoms with Crippen molar-refractivity contribution in [2.45, 2.75) is 44.8 Å². The molecule has 1 saturated carbocycles. The van der Waals surface area contributed by atoms with Crippen LogP contribution in [-0.2, 0) is 20.9 Å². The highest BCUT2D eigenvalue weighted by Gasteiger charge is 2.55. The minimum Gasteiger partial charge on any atom is -0.458 e. The van der Waals surface area contributed by atoms with Crippen LogP contribution in [0.25, 0.3) is 10.8 Å². The zero-order valence-corrected chi connectivity index (χ0v) is 16.3. The Labute approximate surface area is 165 Å². The van der Waals surface area contributed by atoms with Gasteiger partial charge in [0.05, 0.1) is 4.88 Å². The Morgan fingerprint density at radius 3 is 3.07 bits per heavy atom. The smallest absolute Gasteiger partial charge is 0.326 e.